The number of hydrogen-bond donors (Lipinski definition) is 2. The minimum atomic E-state index is -0.343. The topological polar surface area (TPSA) is 81.3 Å². The van der Waals surface area contributed by atoms with Gasteiger partial charge < -0.3 is 34.5 Å². The predicted octanol–water partition coefficient (Wildman–Crippen LogP) is 3.31. The first-order valence-corrected chi connectivity index (χ1v) is 14.1. The summed E-state index contributed by atoms with van der Waals surface area (Å²) < 4.78 is 22.8. The molecule has 0 aliphatic carbocycles. The lowest BCUT2D eigenvalue weighted by Gasteiger charge is -2.35. The Hall–Kier alpha value is -1.71. The first kappa shape index (κ1) is 28.3. The SMILES string of the molecule is COCCCN1CCOc2ccc(CO[C@@H]3CC[C@@H](CC(C)(C)C(=O)CNC4CCOCC4)NC3)cc21. The van der Waals surface area contributed by atoms with Gasteiger partial charge in [-0.2, -0.15) is 0 Å². The third-order valence-electron chi connectivity index (χ3n) is 8.00. The summed E-state index contributed by atoms with van der Waals surface area (Å²) in [5, 5.41) is 7.11. The highest BCUT2D eigenvalue weighted by Crippen LogP contribution is 2.33. The van der Waals surface area contributed by atoms with Crippen LogP contribution in [0.5, 0.6) is 5.75 Å². The Kier molecular flexibility index (Phi) is 10.6. The van der Waals surface area contributed by atoms with Crippen molar-refractivity contribution in [1.29, 1.82) is 0 Å². The highest BCUT2D eigenvalue weighted by molar-refractivity contribution is 5.86. The molecule has 0 amide bonds. The zero-order valence-corrected chi connectivity index (χ0v) is 23.1. The van der Waals surface area contributed by atoms with Crippen LogP contribution in [0.25, 0.3) is 0 Å². The smallest absolute Gasteiger partial charge is 0.152 e. The van der Waals surface area contributed by atoms with Gasteiger partial charge in [-0.25, -0.2) is 0 Å². The van der Waals surface area contributed by atoms with E-state index in [2.05, 4.69) is 47.6 Å². The van der Waals surface area contributed by atoms with Crippen LogP contribution in [0.3, 0.4) is 0 Å². The van der Waals surface area contributed by atoms with Crippen LogP contribution in [0.1, 0.15) is 57.9 Å². The van der Waals surface area contributed by atoms with Crippen molar-refractivity contribution >= 4 is 11.5 Å². The Balaban J connectivity index is 1.19. The molecular formula is C29H47N3O5. The standard InChI is InChI=1S/C29H47N3O5/c1-29(2,28(33)20-31-23-9-14-35-15-10-23)18-24-6-7-25(19-30-24)37-21-22-5-8-27-26(17-22)32(12-16-36-27)11-4-13-34-3/h5,8,17,23-25,30-31H,4,6-7,9-16,18-21H2,1-3H3/t24-,25+/m0/s1. The number of ether oxygens (including phenoxy) is 4. The summed E-state index contributed by atoms with van der Waals surface area (Å²) in [6.07, 6.45) is 6.07. The van der Waals surface area contributed by atoms with E-state index in [-0.39, 0.29) is 11.5 Å². The molecule has 8 heteroatoms. The second-order valence-corrected chi connectivity index (χ2v) is 11.4. The van der Waals surface area contributed by atoms with Gasteiger partial charge in [-0.3, -0.25) is 4.79 Å². The van der Waals surface area contributed by atoms with Crippen LogP contribution in [0.15, 0.2) is 18.2 Å². The first-order chi connectivity index (χ1) is 17.9. The minimum Gasteiger partial charge on any atom is -0.490 e. The molecule has 0 saturated carbocycles. The molecule has 208 valence electrons. The molecule has 1 aromatic rings. The second-order valence-electron chi connectivity index (χ2n) is 11.4. The van der Waals surface area contributed by atoms with Crippen molar-refractivity contribution in [3.63, 3.8) is 0 Å². The lowest BCUT2D eigenvalue weighted by atomic mass is 9.79. The molecule has 0 bridgehead atoms. The highest BCUT2D eigenvalue weighted by Gasteiger charge is 2.33. The number of methoxy groups -OCH3 is 1. The van der Waals surface area contributed by atoms with Crippen LogP contribution in [-0.2, 0) is 25.6 Å². The van der Waals surface area contributed by atoms with Gasteiger partial charge in [0.25, 0.3) is 0 Å². The number of carbonyl (C=O) groups is 1. The lowest BCUT2D eigenvalue weighted by Crippen LogP contribution is -2.47. The maximum Gasteiger partial charge on any atom is 0.152 e. The number of nitrogens with zero attached hydrogens (tertiary/aromatic N) is 1. The number of anilines is 1. The van der Waals surface area contributed by atoms with E-state index in [1.807, 2.05) is 0 Å². The number of nitrogens with one attached hydrogen (secondary N) is 2. The first-order valence-electron chi connectivity index (χ1n) is 14.1. The summed E-state index contributed by atoms with van der Waals surface area (Å²) in [6, 6.07) is 7.15. The number of rotatable bonds is 13. The van der Waals surface area contributed by atoms with E-state index in [1.54, 1.807) is 7.11 Å². The van der Waals surface area contributed by atoms with Crippen molar-refractivity contribution in [3.05, 3.63) is 23.8 Å². The Morgan fingerprint density at radius 3 is 2.78 bits per heavy atom. The molecule has 1 aromatic carbocycles. The van der Waals surface area contributed by atoms with Crippen molar-refractivity contribution < 1.29 is 23.7 Å². The van der Waals surface area contributed by atoms with E-state index in [4.69, 9.17) is 18.9 Å². The van der Waals surface area contributed by atoms with Crippen LogP contribution in [-0.4, -0.2) is 83.7 Å². The van der Waals surface area contributed by atoms with Gasteiger partial charge in [0.15, 0.2) is 5.78 Å². The maximum atomic E-state index is 12.9. The minimum absolute atomic E-state index is 0.190. The molecule has 2 atom stereocenters. The Bertz CT molecular complexity index is 850. The van der Waals surface area contributed by atoms with Gasteiger partial charge in [-0.05, 0) is 56.2 Å². The fourth-order valence-electron chi connectivity index (χ4n) is 5.57. The van der Waals surface area contributed by atoms with Gasteiger partial charge in [0.05, 0.1) is 31.5 Å². The molecule has 0 spiro atoms. The van der Waals surface area contributed by atoms with E-state index in [1.165, 1.54) is 5.56 Å². The summed E-state index contributed by atoms with van der Waals surface area (Å²) in [5.74, 6) is 1.25. The monoisotopic (exact) mass is 517 g/mol. The maximum absolute atomic E-state index is 12.9. The van der Waals surface area contributed by atoms with E-state index < -0.39 is 0 Å². The largest absolute Gasteiger partial charge is 0.490 e. The molecule has 4 rings (SSSR count). The van der Waals surface area contributed by atoms with Gasteiger partial charge in [-0.15, -0.1) is 0 Å². The number of ketones is 1. The van der Waals surface area contributed by atoms with Crippen molar-refractivity contribution in [2.24, 2.45) is 5.41 Å². The van der Waals surface area contributed by atoms with Gasteiger partial charge >= 0.3 is 0 Å². The number of hydrogen-bond acceptors (Lipinski definition) is 8. The highest BCUT2D eigenvalue weighted by atomic mass is 16.5. The molecule has 2 fully saturated rings. The molecule has 0 unspecified atom stereocenters. The van der Waals surface area contributed by atoms with E-state index in [9.17, 15) is 4.79 Å². The van der Waals surface area contributed by atoms with Crippen molar-refractivity contribution in [1.82, 2.24) is 10.6 Å². The van der Waals surface area contributed by atoms with Gasteiger partial charge in [0.1, 0.15) is 12.4 Å². The zero-order valence-electron chi connectivity index (χ0n) is 23.1. The fraction of sp³-hybridized carbons (Fsp3) is 0.759. The summed E-state index contributed by atoms with van der Waals surface area (Å²) in [5.41, 5.74) is 1.99. The summed E-state index contributed by atoms with van der Waals surface area (Å²) >= 11 is 0. The normalized spacial score (nSPS) is 22.9. The number of Topliss-reactive ketones (excluding diaryl/α,β-unsaturated/α-hetero) is 1. The molecule has 37 heavy (non-hydrogen) atoms. The number of carbonyl (C=O) groups excluding carboxylic acids is 1. The molecule has 2 saturated heterocycles. The van der Waals surface area contributed by atoms with Gasteiger partial charge in [0, 0.05) is 57.5 Å². The number of benzene rings is 1. The molecular weight excluding hydrogens is 470 g/mol. The molecule has 3 aliphatic heterocycles. The van der Waals surface area contributed by atoms with Crippen LogP contribution in [0.4, 0.5) is 5.69 Å². The van der Waals surface area contributed by atoms with Crippen molar-refractivity contribution in [2.75, 3.05) is 64.6 Å². The number of piperidine rings is 1. The van der Waals surface area contributed by atoms with E-state index in [0.717, 1.165) is 96.0 Å². The predicted molar refractivity (Wildman–Crippen MR) is 145 cm³/mol. The molecule has 3 heterocycles. The van der Waals surface area contributed by atoms with Gasteiger partial charge in [-0.1, -0.05) is 19.9 Å². The van der Waals surface area contributed by atoms with E-state index in [0.29, 0.717) is 31.0 Å². The zero-order chi connectivity index (χ0) is 26.1. The van der Waals surface area contributed by atoms with Crippen molar-refractivity contribution in [2.45, 2.75) is 77.2 Å². The van der Waals surface area contributed by atoms with Crippen molar-refractivity contribution in [3.8, 4) is 5.75 Å². The lowest BCUT2D eigenvalue weighted by molar-refractivity contribution is -0.127. The third-order valence-corrected chi connectivity index (χ3v) is 8.00. The van der Waals surface area contributed by atoms with Crippen LogP contribution < -0.4 is 20.3 Å². The van der Waals surface area contributed by atoms with E-state index >= 15 is 0 Å². The van der Waals surface area contributed by atoms with Gasteiger partial charge in [0.2, 0.25) is 0 Å². The average Bonchev–Trinajstić information content (AvgIpc) is 2.92. The molecule has 0 radical (unpaired) electrons. The Morgan fingerprint density at radius 1 is 1.19 bits per heavy atom. The summed E-state index contributed by atoms with van der Waals surface area (Å²) in [4.78, 5) is 15.3. The Labute approximate surface area is 222 Å². The molecule has 0 aromatic heterocycles. The number of fused-ring (bicyclic) bond motifs is 1. The fourth-order valence-corrected chi connectivity index (χ4v) is 5.57. The van der Waals surface area contributed by atoms with Crippen LogP contribution in [0, 0.1) is 5.41 Å². The molecule has 3 aliphatic rings. The average molecular weight is 518 g/mol. The summed E-state index contributed by atoms with van der Waals surface area (Å²) in [7, 11) is 1.75. The third kappa shape index (κ3) is 8.39. The summed E-state index contributed by atoms with van der Waals surface area (Å²) in [6.45, 7) is 11.0. The van der Waals surface area contributed by atoms with Crippen LogP contribution in [0.2, 0.25) is 0 Å². The second kappa shape index (κ2) is 13.9. The van der Waals surface area contributed by atoms with Crippen LogP contribution >= 0.6 is 0 Å². The quantitative estimate of drug-likeness (QED) is 0.386. The Morgan fingerprint density at radius 2 is 2.03 bits per heavy atom. The molecule has 2 N–H and O–H groups in total. The molecule has 8 nitrogen and oxygen atoms in total.